The first kappa shape index (κ1) is 22.1. The first-order valence-corrected chi connectivity index (χ1v) is 11.0. The summed E-state index contributed by atoms with van der Waals surface area (Å²) in [4.78, 5) is 24.6. The summed E-state index contributed by atoms with van der Waals surface area (Å²) in [5.41, 5.74) is 4.71. The molecule has 3 aromatic rings. The van der Waals surface area contributed by atoms with E-state index in [1.165, 1.54) is 12.1 Å². The van der Waals surface area contributed by atoms with Gasteiger partial charge in [0, 0.05) is 6.42 Å². The monoisotopic (exact) mass is 464 g/mol. The summed E-state index contributed by atoms with van der Waals surface area (Å²) in [5.74, 6) is -1.05. The highest BCUT2D eigenvalue weighted by atomic mass is 19.3. The van der Waals surface area contributed by atoms with Crippen LogP contribution >= 0.6 is 0 Å². The summed E-state index contributed by atoms with van der Waals surface area (Å²) in [6.45, 7) is 3.83. The van der Waals surface area contributed by atoms with Crippen LogP contribution in [0.1, 0.15) is 45.5 Å². The summed E-state index contributed by atoms with van der Waals surface area (Å²) >= 11 is 0. The van der Waals surface area contributed by atoms with Crippen molar-refractivity contribution < 1.29 is 33.0 Å². The van der Waals surface area contributed by atoms with Crippen LogP contribution < -0.4 is 9.47 Å². The Morgan fingerprint density at radius 3 is 2.29 bits per heavy atom. The Bertz CT molecular complexity index is 1340. The Morgan fingerprint density at radius 1 is 0.882 bits per heavy atom. The molecule has 1 heterocycles. The van der Waals surface area contributed by atoms with Crippen molar-refractivity contribution in [2.45, 2.75) is 44.8 Å². The first-order chi connectivity index (χ1) is 16.1. The highest BCUT2D eigenvalue weighted by molar-refractivity contribution is 5.95. The number of fused-ring (bicyclic) bond motifs is 1. The highest BCUT2D eigenvalue weighted by Gasteiger charge is 2.52. The fourth-order valence-electron chi connectivity index (χ4n) is 4.62. The number of benzene rings is 3. The molecule has 0 amide bonds. The number of ether oxygens (including phenoxy) is 2. The van der Waals surface area contributed by atoms with Gasteiger partial charge in [-0.05, 0) is 84.3 Å². The second kappa shape index (κ2) is 7.65. The molecule has 0 spiro atoms. The van der Waals surface area contributed by atoms with Crippen LogP contribution in [0.5, 0.6) is 11.5 Å². The molecule has 1 aliphatic heterocycles. The van der Waals surface area contributed by atoms with Crippen molar-refractivity contribution in [3.63, 3.8) is 0 Å². The van der Waals surface area contributed by atoms with Crippen LogP contribution in [-0.2, 0) is 16.6 Å². The van der Waals surface area contributed by atoms with E-state index >= 15 is 0 Å². The fourth-order valence-corrected chi connectivity index (χ4v) is 4.62. The van der Waals surface area contributed by atoms with Crippen LogP contribution in [0.15, 0.2) is 54.6 Å². The SMILES string of the molecule is Cc1cc(C(=O)O)ccc1-c1cc(CC(=O)C2(c3ccc4c(c3)OC(F)(F)O4)CC2)ccc1C. The third-order valence-corrected chi connectivity index (χ3v) is 6.67. The van der Waals surface area contributed by atoms with E-state index in [1.54, 1.807) is 24.3 Å². The van der Waals surface area contributed by atoms with E-state index in [9.17, 15) is 23.5 Å². The number of Topliss-reactive ketones (excluding diaryl/α,β-unsaturated/α-hetero) is 1. The number of ketones is 1. The van der Waals surface area contributed by atoms with Crippen LogP contribution in [0.2, 0.25) is 0 Å². The van der Waals surface area contributed by atoms with Gasteiger partial charge in [-0.2, -0.15) is 0 Å². The molecule has 0 radical (unpaired) electrons. The van der Waals surface area contributed by atoms with Gasteiger partial charge in [0.2, 0.25) is 0 Å². The molecule has 1 saturated carbocycles. The van der Waals surface area contributed by atoms with Gasteiger partial charge in [-0.25, -0.2) is 4.79 Å². The minimum Gasteiger partial charge on any atom is -0.478 e. The molecule has 5 rings (SSSR count). The van der Waals surface area contributed by atoms with Crippen molar-refractivity contribution >= 4 is 11.8 Å². The van der Waals surface area contributed by atoms with Crippen LogP contribution in [0.25, 0.3) is 11.1 Å². The number of aromatic carboxylic acids is 1. The molecule has 0 atom stereocenters. The lowest BCUT2D eigenvalue weighted by molar-refractivity contribution is -0.286. The minimum atomic E-state index is -3.69. The molecule has 1 N–H and O–H groups in total. The van der Waals surface area contributed by atoms with Gasteiger partial charge in [0.1, 0.15) is 5.78 Å². The fraction of sp³-hybridized carbons (Fsp3) is 0.259. The molecule has 174 valence electrons. The van der Waals surface area contributed by atoms with E-state index in [0.29, 0.717) is 18.4 Å². The highest BCUT2D eigenvalue weighted by Crippen LogP contribution is 2.52. The molecule has 1 fully saturated rings. The van der Waals surface area contributed by atoms with Crippen molar-refractivity contribution in [2.75, 3.05) is 0 Å². The molecule has 0 unspecified atom stereocenters. The molecule has 0 bridgehead atoms. The normalized spacial score (nSPS) is 16.8. The minimum absolute atomic E-state index is 0.0193. The van der Waals surface area contributed by atoms with Crippen molar-refractivity contribution in [1.82, 2.24) is 0 Å². The van der Waals surface area contributed by atoms with Crippen LogP contribution in [0, 0.1) is 13.8 Å². The zero-order valence-corrected chi connectivity index (χ0v) is 18.7. The molecule has 7 heteroatoms. The number of hydrogen-bond donors (Lipinski definition) is 1. The molecule has 2 aliphatic rings. The second-order valence-electron chi connectivity index (χ2n) is 9.00. The second-order valence-corrected chi connectivity index (χ2v) is 9.00. The summed E-state index contributed by atoms with van der Waals surface area (Å²) in [5, 5.41) is 9.23. The van der Waals surface area contributed by atoms with E-state index in [4.69, 9.17) is 0 Å². The van der Waals surface area contributed by atoms with Crippen molar-refractivity contribution in [1.29, 1.82) is 0 Å². The maximum atomic E-state index is 13.4. The predicted octanol–water partition coefficient (Wildman–Crippen LogP) is 5.83. The van der Waals surface area contributed by atoms with Crippen molar-refractivity contribution in [3.8, 4) is 22.6 Å². The zero-order valence-electron chi connectivity index (χ0n) is 18.7. The number of hydrogen-bond acceptors (Lipinski definition) is 4. The molecular formula is C27H22F2O5. The van der Waals surface area contributed by atoms with Crippen LogP contribution in [-0.4, -0.2) is 23.2 Å². The Labute approximate surface area is 194 Å². The van der Waals surface area contributed by atoms with Gasteiger partial charge in [0.25, 0.3) is 0 Å². The molecule has 5 nitrogen and oxygen atoms in total. The smallest absolute Gasteiger partial charge is 0.478 e. The number of aryl methyl sites for hydroxylation is 2. The lowest BCUT2D eigenvalue weighted by Gasteiger charge is -2.16. The Balaban J connectivity index is 1.41. The van der Waals surface area contributed by atoms with Gasteiger partial charge in [-0.15, -0.1) is 8.78 Å². The molecular weight excluding hydrogens is 442 g/mol. The lowest BCUT2D eigenvalue weighted by atomic mass is 9.86. The van der Waals surface area contributed by atoms with E-state index < -0.39 is 17.7 Å². The summed E-state index contributed by atoms with van der Waals surface area (Å²) in [6.07, 6.45) is -2.20. The Morgan fingerprint density at radius 2 is 1.62 bits per heavy atom. The topological polar surface area (TPSA) is 72.8 Å². The largest absolute Gasteiger partial charge is 0.586 e. The van der Waals surface area contributed by atoms with E-state index in [-0.39, 0.29) is 29.3 Å². The Kier molecular flexibility index (Phi) is 4.97. The lowest BCUT2D eigenvalue weighted by Crippen LogP contribution is -2.26. The summed E-state index contributed by atoms with van der Waals surface area (Å²) in [7, 11) is 0. The van der Waals surface area contributed by atoms with Gasteiger partial charge < -0.3 is 14.6 Å². The van der Waals surface area contributed by atoms with Crippen molar-refractivity contribution in [2.24, 2.45) is 0 Å². The van der Waals surface area contributed by atoms with E-state index in [0.717, 1.165) is 27.8 Å². The standard InChI is InChI=1S/C27H22F2O5/c1-15-3-4-17(12-21(15)20-7-5-18(25(31)32)11-16(20)2)13-24(30)26(9-10-26)19-6-8-22-23(14-19)34-27(28,29)33-22/h3-8,11-12,14H,9-10,13H2,1-2H3,(H,31,32). The maximum Gasteiger partial charge on any atom is 0.586 e. The molecule has 0 saturated heterocycles. The number of rotatable bonds is 6. The third kappa shape index (κ3) is 3.81. The van der Waals surface area contributed by atoms with Crippen molar-refractivity contribution in [3.05, 3.63) is 82.4 Å². The average molecular weight is 464 g/mol. The first-order valence-electron chi connectivity index (χ1n) is 11.0. The van der Waals surface area contributed by atoms with E-state index in [2.05, 4.69) is 9.47 Å². The van der Waals surface area contributed by atoms with Gasteiger partial charge in [0.05, 0.1) is 11.0 Å². The van der Waals surface area contributed by atoms with Crippen LogP contribution in [0.4, 0.5) is 8.78 Å². The number of carbonyl (C=O) groups is 2. The van der Waals surface area contributed by atoms with E-state index in [1.807, 2.05) is 32.0 Å². The molecule has 0 aromatic heterocycles. The number of carbonyl (C=O) groups excluding carboxylic acids is 1. The Hall–Kier alpha value is -3.74. The number of alkyl halides is 2. The summed E-state index contributed by atoms with van der Waals surface area (Å²) < 4.78 is 35.8. The number of carboxylic acid groups (broad SMARTS) is 1. The number of halogens is 2. The number of carboxylic acids is 1. The maximum absolute atomic E-state index is 13.4. The van der Waals surface area contributed by atoms with Gasteiger partial charge >= 0.3 is 12.3 Å². The van der Waals surface area contributed by atoms with Crippen LogP contribution in [0.3, 0.4) is 0 Å². The average Bonchev–Trinajstić information content (AvgIpc) is 3.52. The molecule has 34 heavy (non-hydrogen) atoms. The van der Waals surface area contributed by atoms with Gasteiger partial charge in [-0.3, -0.25) is 4.79 Å². The predicted molar refractivity (Wildman–Crippen MR) is 121 cm³/mol. The molecule has 3 aromatic carbocycles. The molecule has 1 aliphatic carbocycles. The zero-order chi connectivity index (χ0) is 24.3. The van der Waals surface area contributed by atoms with Gasteiger partial charge in [-0.1, -0.05) is 30.3 Å². The third-order valence-electron chi connectivity index (χ3n) is 6.67. The summed E-state index contributed by atoms with van der Waals surface area (Å²) in [6, 6.07) is 15.4. The quantitative estimate of drug-likeness (QED) is 0.497. The van der Waals surface area contributed by atoms with Gasteiger partial charge in [0.15, 0.2) is 11.5 Å².